The average Bonchev–Trinajstić information content (AvgIpc) is 2.39. The summed E-state index contributed by atoms with van der Waals surface area (Å²) < 4.78 is 10.6. The van der Waals surface area contributed by atoms with E-state index < -0.39 is 11.4 Å². The molecule has 5 heteroatoms. The van der Waals surface area contributed by atoms with E-state index in [0.29, 0.717) is 23.5 Å². The van der Waals surface area contributed by atoms with Crippen LogP contribution < -0.4 is 5.73 Å². The molecule has 108 valence electrons. The van der Waals surface area contributed by atoms with Gasteiger partial charge in [0.2, 0.25) is 5.88 Å². The monoisotopic (exact) mass is 276 g/mol. The molecule has 1 spiro atoms. The van der Waals surface area contributed by atoms with Gasteiger partial charge in [-0.25, -0.2) is 4.79 Å². The molecule has 1 saturated carbocycles. The molecule has 5 nitrogen and oxygen atoms in total. The number of rotatable bonds is 2. The quantitative estimate of drug-likeness (QED) is 0.783. The van der Waals surface area contributed by atoms with E-state index in [4.69, 9.17) is 15.2 Å². The Morgan fingerprint density at radius 2 is 2.10 bits per heavy atom. The molecule has 0 aromatic carbocycles. The van der Waals surface area contributed by atoms with Crippen molar-refractivity contribution in [2.45, 2.75) is 46.0 Å². The van der Waals surface area contributed by atoms with Crippen molar-refractivity contribution in [3.05, 3.63) is 22.8 Å². The Kier molecular flexibility index (Phi) is 4.03. The Balaban J connectivity index is 2.54. The smallest absolute Gasteiger partial charge is 0.338 e. The molecule has 2 aliphatic rings. The van der Waals surface area contributed by atoms with Gasteiger partial charge in [0.15, 0.2) is 0 Å². The molecular formula is C15H20N2O3. The fraction of sp³-hybridized carbons (Fsp3) is 0.600. The summed E-state index contributed by atoms with van der Waals surface area (Å²) in [5.74, 6) is 0.189. The molecule has 0 radical (unpaired) electrons. The lowest BCUT2D eigenvalue weighted by Crippen LogP contribution is -2.38. The van der Waals surface area contributed by atoms with Gasteiger partial charge in [-0.3, -0.25) is 0 Å². The fourth-order valence-electron chi connectivity index (χ4n) is 3.32. The third-order valence-corrected chi connectivity index (χ3v) is 4.12. The highest BCUT2D eigenvalue weighted by molar-refractivity contribution is 5.92. The lowest BCUT2D eigenvalue weighted by atomic mass is 9.63. The molecule has 0 atom stereocenters. The van der Waals surface area contributed by atoms with E-state index in [0.717, 1.165) is 32.1 Å². The molecule has 2 N–H and O–H groups in total. The van der Waals surface area contributed by atoms with Gasteiger partial charge in [0.1, 0.15) is 17.4 Å². The van der Waals surface area contributed by atoms with E-state index in [1.54, 1.807) is 13.8 Å². The summed E-state index contributed by atoms with van der Waals surface area (Å²) in [7, 11) is 0. The zero-order chi connectivity index (χ0) is 14.8. The molecular weight excluding hydrogens is 256 g/mol. The number of nitrogens with two attached hydrogens (primary N) is 1. The molecule has 1 fully saturated rings. The number of hydrogen-bond donors (Lipinski definition) is 1. The Labute approximate surface area is 119 Å². The Morgan fingerprint density at radius 1 is 1.45 bits per heavy atom. The molecule has 0 aromatic heterocycles. The molecule has 0 bridgehead atoms. The second-order valence-electron chi connectivity index (χ2n) is 5.25. The number of carbonyl (C=O) groups is 1. The normalized spacial score (nSPS) is 21.4. The topological polar surface area (TPSA) is 85.3 Å². The van der Waals surface area contributed by atoms with Crippen LogP contribution in [-0.2, 0) is 14.3 Å². The van der Waals surface area contributed by atoms with E-state index >= 15 is 0 Å². The van der Waals surface area contributed by atoms with Gasteiger partial charge >= 0.3 is 5.97 Å². The van der Waals surface area contributed by atoms with E-state index in [2.05, 4.69) is 6.07 Å². The van der Waals surface area contributed by atoms with Crippen molar-refractivity contribution in [1.82, 2.24) is 0 Å². The standard InChI is InChI=1S/C15H20N2O3/c1-3-19-14(18)12-10(2)20-13(17)11(9-16)15(12)7-5-4-6-8-15/h3-8,17H2,1-2H3. The lowest BCUT2D eigenvalue weighted by Gasteiger charge is -2.41. The largest absolute Gasteiger partial charge is 0.463 e. The third-order valence-electron chi connectivity index (χ3n) is 4.12. The first kappa shape index (κ1) is 14.4. The van der Waals surface area contributed by atoms with Gasteiger partial charge in [0.25, 0.3) is 0 Å². The predicted molar refractivity (Wildman–Crippen MR) is 72.8 cm³/mol. The van der Waals surface area contributed by atoms with Crippen LogP contribution in [0.25, 0.3) is 0 Å². The van der Waals surface area contributed by atoms with Gasteiger partial charge in [0, 0.05) is 5.41 Å². The number of nitrogens with zero attached hydrogens (tertiary/aromatic N) is 1. The zero-order valence-electron chi connectivity index (χ0n) is 12.0. The molecule has 20 heavy (non-hydrogen) atoms. The molecule has 1 aliphatic carbocycles. The van der Waals surface area contributed by atoms with Gasteiger partial charge in [-0.05, 0) is 26.7 Å². The van der Waals surface area contributed by atoms with E-state index in [9.17, 15) is 10.1 Å². The van der Waals surface area contributed by atoms with Crippen LogP contribution in [0.5, 0.6) is 0 Å². The number of hydrogen-bond acceptors (Lipinski definition) is 5. The minimum absolute atomic E-state index is 0.125. The van der Waals surface area contributed by atoms with Crippen molar-refractivity contribution in [2.24, 2.45) is 11.1 Å². The summed E-state index contributed by atoms with van der Waals surface area (Å²) in [6, 6.07) is 2.15. The van der Waals surface area contributed by atoms with Crippen LogP contribution in [0.2, 0.25) is 0 Å². The summed E-state index contributed by atoms with van der Waals surface area (Å²) in [5, 5.41) is 9.45. The molecule has 0 aromatic rings. The summed E-state index contributed by atoms with van der Waals surface area (Å²) in [4.78, 5) is 12.3. The Morgan fingerprint density at radius 3 is 2.65 bits per heavy atom. The van der Waals surface area contributed by atoms with Crippen molar-refractivity contribution in [3.63, 3.8) is 0 Å². The van der Waals surface area contributed by atoms with Crippen LogP contribution in [0.3, 0.4) is 0 Å². The highest BCUT2D eigenvalue weighted by Crippen LogP contribution is 2.52. The lowest BCUT2D eigenvalue weighted by molar-refractivity contribution is -0.140. The highest BCUT2D eigenvalue weighted by Gasteiger charge is 2.49. The summed E-state index contributed by atoms with van der Waals surface area (Å²) in [6.07, 6.45) is 4.52. The summed E-state index contributed by atoms with van der Waals surface area (Å²) in [6.45, 7) is 3.77. The van der Waals surface area contributed by atoms with Crippen molar-refractivity contribution in [3.8, 4) is 6.07 Å². The van der Waals surface area contributed by atoms with Crippen molar-refractivity contribution in [2.75, 3.05) is 6.61 Å². The minimum atomic E-state index is -0.619. The fourth-order valence-corrected chi connectivity index (χ4v) is 3.32. The first-order valence-electron chi connectivity index (χ1n) is 7.03. The predicted octanol–water partition coefficient (Wildman–Crippen LogP) is 2.50. The van der Waals surface area contributed by atoms with Crippen molar-refractivity contribution >= 4 is 5.97 Å². The van der Waals surface area contributed by atoms with Crippen molar-refractivity contribution < 1.29 is 14.3 Å². The maximum atomic E-state index is 12.3. The highest BCUT2D eigenvalue weighted by atomic mass is 16.5. The summed E-state index contributed by atoms with van der Waals surface area (Å²) in [5.41, 5.74) is 6.11. The number of allylic oxidation sites excluding steroid dienone is 2. The minimum Gasteiger partial charge on any atom is -0.463 e. The van der Waals surface area contributed by atoms with E-state index in [1.807, 2.05) is 0 Å². The van der Waals surface area contributed by atoms with Crippen LogP contribution in [0.15, 0.2) is 22.8 Å². The Hall–Kier alpha value is -1.96. The second kappa shape index (κ2) is 5.58. The van der Waals surface area contributed by atoms with Crippen LogP contribution in [0.4, 0.5) is 0 Å². The van der Waals surface area contributed by atoms with Gasteiger partial charge in [-0.15, -0.1) is 0 Å². The number of ether oxygens (including phenoxy) is 2. The molecule has 0 amide bonds. The van der Waals surface area contributed by atoms with E-state index in [1.165, 1.54) is 0 Å². The van der Waals surface area contributed by atoms with Crippen LogP contribution in [-0.4, -0.2) is 12.6 Å². The SMILES string of the molecule is CCOC(=O)C1=C(C)OC(N)=C(C#N)C12CCCCC2. The molecule has 0 saturated heterocycles. The van der Waals surface area contributed by atoms with Crippen LogP contribution in [0, 0.1) is 16.7 Å². The number of esters is 1. The second-order valence-corrected chi connectivity index (χ2v) is 5.25. The van der Waals surface area contributed by atoms with Gasteiger partial charge in [0.05, 0.1) is 12.2 Å². The van der Waals surface area contributed by atoms with Crippen LogP contribution in [0.1, 0.15) is 46.0 Å². The summed E-state index contributed by atoms with van der Waals surface area (Å²) >= 11 is 0. The van der Waals surface area contributed by atoms with Crippen molar-refractivity contribution in [1.29, 1.82) is 5.26 Å². The van der Waals surface area contributed by atoms with Gasteiger partial charge in [-0.2, -0.15) is 5.26 Å². The molecule has 1 heterocycles. The maximum absolute atomic E-state index is 12.3. The molecule has 2 rings (SSSR count). The third kappa shape index (κ3) is 2.15. The molecule has 1 aliphatic heterocycles. The maximum Gasteiger partial charge on any atom is 0.338 e. The average molecular weight is 276 g/mol. The number of carbonyl (C=O) groups excluding carboxylic acids is 1. The Bertz CT molecular complexity index is 520. The van der Waals surface area contributed by atoms with E-state index in [-0.39, 0.29) is 5.88 Å². The molecule has 0 unspecified atom stereocenters. The zero-order valence-corrected chi connectivity index (χ0v) is 12.0. The first-order chi connectivity index (χ1) is 9.56. The van der Waals surface area contributed by atoms with Gasteiger partial charge < -0.3 is 15.2 Å². The number of nitriles is 1. The van der Waals surface area contributed by atoms with Crippen LogP contribution >= 0.6 is 0 Å². The van der Waals surface area contributed by atoms with Gasteiger partial charge in [-0.1, -0.05) is 19.3 Å². The first-order valence-corrected chi connectivity index (χ1v) is 7.03.